The van der Waals surface area contributed by atoms with E-state index >= 15 is 0 Å². The van der Waals surface area contributed by atoms with Gasteiger partial charge in [0.15, 0.2) is 0 Å². The molecule has 1 aromatic carbocycles. The van der Waals surface area contributed by atoms with Crippen molar-refractivity contribution in [1.82, 2.24) is 5.32 Å². The lowest BCUT2D eigenvalue weighted by molar-refractivity contribution is -0.137. The van der Waals surface area contributed by atoms with Crippen LogP contribution in [0.3, 0.4) is 0 Å². The lowest BCUT2D eigenvalue weighted by atomic mass is 9.89. The van der Waals surface area contributed by atoms with Crippen molar-refractivity contribution in [3.8, 4) is 0 Å². The van der Waals surface area contributed by atoms with Crippen LogP contribution in [0.2, 0.25) is 0 Å². The maximum Gasteiger partial charge on any atom is 0.313 e. The number of rotatable bonds is 6. The second-order valence-electron chi connectivity index (χ2n) is 6.58. The molecule has 0 aliphatic rings. The van der Waals surface area contributed by atoms with E-state index in [1.807, 2.05) is 32.0 Å². The van der Waals surface area contributed by atoms with Crippen LogP contribution in [0.1, 0.15) is 52.5 Å². The van der Waals surface area contributed by atoms with Gasteiger partial charge in [-0.15, -0.1) is 0 Å². The largest absolute Gasteiger partial charge is 0.388 e. The summed E-state index contributed by atoms with van der Waals surface area (Å²) in [7, 11) is 0. The van der Waals surface area contributed by atoms with E-state index in [1.165, 1.54) is 0 Å². The highest BCUT2D eigenvalue weighted by Crippen LogP contribution is 2.19. The predicted molar refractivity (Wildman–Crippen MR) is 92.2 cm³/mol. The average molecular weight is 320 g/mol. The normalized spacial score (nSPS) is 14.9. The van der Waals surface area contributed by atoms with E-state index in [0.717, 1.165) is 12.0 Å². The van der Waals surface area contributed by atoms with Crippen LogP contribution in [0, 0.1) is 5.92 Å². The molecule has 128 valence electrons. The average Bonchev–Trinajstić information content (AvgIpc) is 2.51. The Morgan fingerprint density at radius 1 is 1.22 bits per heavy atom. The predicted octanol–water partition coefficient (Wildman–Crippen LogP) is 2.66. The fraction of sp³-hybridized carbons (Fsp3) is 0.556. The summed E-state index contributed by atoms with van der Waals surface area (Å²) < 4.78 is 0. The van der Waals surface area contributed by atoms with Crippen molar-refractivity contribution < 1.29 is 14.7 Å². The van der Waals surface area contributed by atoms with Gasteiger partial charge in [0.2, 0.25) is 0 Å². The highest BCUT2D eigenvalue weighted by Gasteiger charge is 2.28. The van der Waals surface area contributed by atoms with E-state index < -0.39 is 17.4 Å². The molecule has 0 fully saturated rings. The summed E-state index contributed by atoms with van der Waals surface area (Å²) in [5.41, 5.74) is 0.635. The standard InChI is InChI=1S/C18H28N2O3/c1-6-13(4)18(5,23)11-19-16(21)17(22)20-15-9-7-8-14(10-15)12(2)3/h7-10,12-13,23H,6,11H2,1-5H3,(H,19,21)(H,20,22). The number of anilines is 1. The van der Waals surface area contributed by atoms with Crippen LogP contribution in [-0.4, -0.2) is 29.1 Å². The Balaban J connectivity index is 2.61. The molecular formula is C18H28N2O3. The summed E-state index contributed by atoms with van der Waals surface area (Å²) in [4.78, 5) is 23.8. The van der Waals surface area contributed by atoms with Gasteiger partial charge in [0, 0.05) is 12.2 Å². The Bertz CT molecular complexity index is 553. The fourth-order valence-corrected chi connectivity index (χ4v) is 2.12. The van der Waals surface area contributed by atoms with E-state index in [1.54, 1.807) is 13.0 Å². The molecule has 0 aliphatic heterocycles. The molecule has 3 N–H and O–H groups in total. The van der Waals surface area contributed by atoms with Crippen LogP contribution in [0.15, 0.2) is 24.3 Å². The first kappa shape index (κ1) is 19.2. The maximum atomic E-state index is 11.9. The highest BCUT2D eigenvalue weighted by atomic mass is 16.3. The number of hydrogen-bond acceptors (Lipinski definition) is 3. The van der Waals surface area contributed by atoms with Gasteiger partial charge >= 0.3 is 11.8 Å². The van der Waals surface area contributed by atoms with Gasteiger partial charge in [-0.2, -0.15) is 0 Å². The van der Waals surface area contributed by atoms with Crippen LogP contribution in [-0.2, 0) is 9.59 Å². The van der Waals surface area contributed by atoms with Crippen LogP contribution in [0.25, 0.3) is 0 Å². The third-order valence-electron chi connectivity index (χ3n) is 4.30. The van der Waals surface area contributed by atoms with Crippen LogP contribution < -0.4 is 10.6 Å². The molecule has 1 aromatic rings. The van der Waals surface area contributed by atoms with E-state index in [2.05, 4.69) is 24.5 Å². The minimum atomic E-state index is -1.04. The van der Waals surface area contributed by atoms with Crippen molar-refractivity contribution in [2.24, 2.45) is 5.92 Å². The fourth-order valence-electron chi connectivity index (χ4n) is 2.12. The smallest absolute Gasteiger partial charge is 0.313 e. The lowest BCUT2D eigenvalue weighted by Crippen LogP contribution is -2.47. The molecule has 23 heavy (non-hydrogen) atoms. The van der Waals surface area contributed by atoms with Crippen LogP contribution >= 0.6 is 0 Å². The molecular weight excluding hydrogens is 292 g/mol. The lowest BCUT2D eigenvalue weighted by Gasteiger charge is -2.29. The van der Waals surface area contributed by atoms with Crippen molar-refractivity contribution in [2.45, 2.75) is 52.6 Å². The number of amides is 2. The van der Waals surface area contributed by atoms with Crippen molar-refractivity contribution in [3.05, 3.63) is 29.8 Å². The summed E-state index contributed by atoms with van der Waals surface area (Å²) >= 11 is 0. The Morgan fingerprint density at radius 2 is 1.87 bits per heavy atom. The molecule has 0 saturated heterocycles. The first-order chi connectivity index (χ1) is 10.7. The second-order valence-corrected chi connectivity index (χ2v) is 6.58. The number of aliphatic hydroxyl groups is 1. The zero-order chi connectivity index (χ0) is 17.6. The molecule has 1 rings (SSSR count). The summed E-state index contributed by atoms with van der Waals surface area (Å²) in [6, 6.07) is 7.41. The van der Waals surface area contributed by atoms with E-state index in [9.17, 15) is 14.7 Å². The third kappa shape index (κ3) is 5.67. The molecule has 2 unspecified atom stereocenters. The number of carbonyl (C=O) groups excluding carboxylic acids is 2. The summed E-state index contributed by atoms with van der Waals surface area (Å²) in [6.45, 7) is 9.69. The first-order valence-corrected chi connectivity index (χ1v) is 8.09. The molecule has 0 saturated carbocycles. The first-order valence-electron chi connectivity index (χ1n) is 8.09. The Morgan fingerprint density at radius 3 is 2.43 bits per heavy atom. The molecule has 0 spiro atoms. The van der Waals surface area contributed by atoms with E-state index in [-0.39, 0.29) is 12.5 Å². The van der Waals surface area contributed by atoms with Gasteiger partial charge in [0.05, 0.1) is 5.60 Å². The molecule has 0 heterocycles. The molecule has 5 heteroatoms. The molecule has 2 atom stereocenters. The van der Waals surface area contributed by atoms with Crippen molar-refractivity contribution >= 4 is 17.5 Å². The summed E-state index contributed by atoms with van der Waals surface area (Å²) in [6.07, 6.45) is 0.789. The zero-order valence-electron chi connectivity index (χ0n) is 14.6. The van der Waals surface area contributed by atoms with E-state index in [4.69, 9.17) is 0 Å². The quantitative estimate of drug-likeness (QED) is 0.705. The molecule has 0 radical (unpaired) electrons. The zero-order valence-corrected chi connectivity index (χ0v) is 14.6. The van der Waals surface area contributed by atoms with Gasteiger partial charge in [0.25, 0.3) is 0 Å². The summed E-state index contributed by atoms with van der Waals surface area (Å²) in [5.74, 6) is -1.12. The molecule has 0 aromatic heterocycles. The number of benzene rings is 1. The second kappa shape index (κ2) is 8.11. The highest BCUT2D eigenvalue weighted by molar-refractivity contribution is 6.39. The Hall–Kier alpha value is -1.88. The Labute approximate surface area is 138 Å². The van der Waals surface area contributed by atoms with Crippen molar-refractivity contribution in [3.63, 3.8) is 0 Å². The number of carbonyl (C=O) groups is 2. The topological polar surface area (TPSA) is 78.4 Å². The van der Waals surface area contributed by atoms with Crippen LogP contribution in [0.4, 0.5) is 5.69 Å². The molecule has 0 aliphatic carbocycles. The molecule has 5 nitrogen and oxygen atoms in total. The van der Waals surface area contributed by atoms with Gasteiger partial charge in [0.1, 0.15) is 0 Å². The van der Waals surface area contributed by atoms with Gasteiger partial charge in [-0.05, 0) is 36.5 Å². The minimum Gasteiger partial charge on any atom is -0.388 e. The van der Waals surface area contributed by atoms with Gasteiger partial charge in [-0.25, -0.2) is 0 Å². The van der Waals surface area contributed by atoms with Crippen molar-refractivity contribution in [1.29, 1.82) is 0 Å². The van der Waals surface area contributed by atoms with Crippen molar-refractivity contribution in [2.75, 3.05) is 11.9 Å². The Kier molecular flexibility index (Phi) is 6.76. The number of nitrogens with one attached hydrogen (secondary N) is 2. The maximum absolute atomic E-state index is 11.9. The minimum absolute atomic E-state index is 0.0218. The molecule has 2 amide bonds. The van der Waals surface area contributed by atoms with Gasteiger partial charge < -0.3 is 15.7 Å². The monoisotopic (exact) mass is 320 g/mol. The van der Waals surface area contributed by atoms with Gasteiger partial charge in [-0.1, -0.05) is 46.2 Å². The SMILES string of the molecule is CCC(C)C(C)(O)CNC(=O)C(=O)Nc1cccc(C(C)C)c1. The van der Waals surface area contributed by atoms with Gasteiger partial charge in [-0.3, -0.25) is 9.59 Å². The summed E-state index contributed by atoms with van der Waals surface area (Å²) in [5, 5.41) is 15.3. The number of hydrogen-bond donors (Lipinski definition) is 3. The third-order valence-corrected chi connectivity index (χ3v) is 4.30. The van der Waals surface area contributed by atoms with Crippen LogP contribution in [0.5, 0.6) is 0 Å². The molecule has 0 bridgehead atoms. The van der Waals surface area contributed by atoms with E-state index in [0.29, 0.717) is 11.6 Å².